The zero-order valence-corrected chi connectivity index (χ0v) is 77.5. The molecular weight excluding hydrogens is 1750 g/mol. The van der Waals surface area contributed by atoms with Crippen LogP contribution >= 0.6 is 0 Å². The number of rotatable bonds is 66. The number of Topliss-reactive ketones (excluding diaryl/α,β-unsaturated/α-hetero) is 1. The molecule has 6 aliphatic rings. The van der Waals surface area contributed by atoms with Gasteiger partial charge in [-0.15, -0.1) is 0 Å². The van der Waals surface area contributed by atoms with E-state index in [0.29, 0.717) is 12.8 Å². The van der Waals surface area contributed by atoms with Crippen LogP contribution in [-0.4, -0.2) is 390 Å². The minimum Gasteiger partial charge on any atom is -0.477 e. The van der Waals surface area contributed by atoms with Gasteiger partial charge in [0.25, 0.3) is 11.6 Å². The first kappa shape index (κ1) is 116. The van der Waals surface area contributed by atoms with Crippen molar-refractivity contribution in [2.75, 3.05) is 46.2 Å². The number of hydrogen-bond donors (Lipinski definition) is 24. The van der Waals surface area contributed by atoms with E-state index >= 15 is 0 Å². The lowest BCUT2D eigenvalue weighted by Crippen LogP contribution is -2.71. The summed E-state index contributed by atoms with van der Waals surface area (Å²) in [4.78, 5) is 79.9. The molecule has 0 aliphatic carbocycles. The maximum atomic E-state index is 14.1. The predicted octanol–water partition coefficient (Wildman–Crippen LogP) is -0.604. The molecule has 42 nitrogen and oxygen atoms in total. The van der Waals surface area contributed by atoms with Crippen molar-refractivity contribution < 1.29 is 193 Å². The van der Waals surface area contributed by atoms with Crippen molar-refractivity contribution in [1.29, 1.82) is 0 Å². The molecule has 6 rings (SSSR count). The molecule has 0 aromatic heterocycles. The van der Waals surface area contributed by atoms with E-state index in [2.05, 4.69) is 29.8 Å². The summed E-state index contributed by atoms with van der Waals surface area (Å²) in [6.07, 6.45) is -27.1. The van der Waals surface area contributed by atoms with E-state index < -0.39 is 302 Å². The third-order valence-electron chi connectivity index (χ3n) is 25.9. The summed E-state index contributed by atoms with van der Waals surface area (Å²) in [7, 11) is 0. The quantitative estimate of drug-likeness (QED) is 0.0338. The fourth-order valence-corrected chi connectivity index (χ4v) is 18.3. The minimum atomic E-state index is -3.48. The molecule has 2 unspecified atom stereocenters. The van der Waals surface area contributed by atoms with Gasteiger partial charge in [0.15, 0.2) is 25.2 Å². The third-order valence-corrected chi connectivity index (χ3v) is 25.9. The molecule has 6 heterocycles. The van der Waals surface area contributed by atoms with Crippen LogP contribution < -0.4 is 16.0 Å². The van der Waals surface area contributed by atoms with E-state index in [1.165, 1.54) is 135 Å². The Kier molecular flexibility index (Phi) is 53.6. The first-order valence-corrected chi connectivity index (χ1v) is 48.3. The Morgan fingerprint density at radius 3 is 1.13 bits per heavy atom. The van der Waals surface area contributed by atoms with Crippen LogP contribution in [0.5, 0.6) is 0 Å². The van der Waals surface area contributed by atoms with Gasteiger partial charge in [-0.3, -0.25) is 14.4 Å². The number of amides is 3. The standard InChI is InChI=1S/C90H161N3O39/c1-6-8-10-12-14-16-18-20-21-22-23-24-25-26-28-30-32-34-36-38-40-65(108)93-55(56(103)39-37-35-33-31-29-27-19-17-15-13-11-9-7-2)50-121-84-73(114)72(113)77(63(48-98)124-84)127-86-75(116)82(132-90(88(119)120)43-58(105)67(92-53(5)102)80(130-90)69(110)60(107)45-95)78(64(49-99)125-86)128-83-54(41-51(3)100)76(70(111)61(46-96)122-83)126-85-74(115)81(71(112)62(47-97)123-85)131-89(87(117)118)42-57(104)66(91-52(4)101)79(129-89)68(109)59(106)44-94/h54-64,66-86,94-99,103-107,109-116H,6-50H2,1-5H3,(H,91,101)(H,92,102)(H,93,108)(H,117,118)(H,119,120)/t54-,55+,56-,57+,58+,59-,60-,61-,62-,63-,64-,66-,67-,68-,69-,70+,71+,72-,73-,74-,75-,76-,77-,78+,79?,80?,81+,82-,83+,84-,85+,86+,89+,90+/m1/s1. The molecule has 6 fully saturated rings. The van der Waals surface area contributed by atoms with Crippen LogP contribution in [0, 0.1) is 5.92 Å². The van der Waals surface area contributed by atoms with Crippen molar-refractivity contribution in [3.8, 4) is 0 Å². The van der Waals surface area contributed by atoms with Gasteiger partial charge >= 0.3 is 11.9 Å². The Morgan fingerprint density at radius 2 is 0.735 bits per heavy atom. The number of aliphatic carboxylic acids is 2. The summed E-state index contributed by atoms with van der Waals surface area (Å²) >= 11 is 0. The van der Waals surface area contributed by atoms with Gasteiger partial charge in [-0.2, -0.15) is 0 Å². The molecule has 6 saturated heterocycles. The van der Waals surface area contributed by atoms with Crippen molar-refractivity contribution in [3.05, 3.63) is 0 Å². The van der Waals surface area contributed by atoms with Crippen LogP contribution in [0.2, 0.25) is 0 Å². The normalized spacial score (nSPS) is 34.2. The van der Waals surface area contributed by atoms with E-state index in [-0.39, 0.29) is 18.7 Å². The largest absolute Gasteiger partial charge is 0.477 e. The van der Waals surface area contributed by atoms with Crippen LogP contribution in [0.1, 0.15) is 279 Å². The molecule has 0 aromatic carbocycles. The lowest BCUT2D eigenvalue weighted by molar-refractivity contribution is -0.408. The molecule has 24 N–H and O–H groups in total. The Morgan fingerprint density at radius 1 is 0.386 bits per heavy atom. The number of ketones is 1. The van der Waals surface area contributed by atoms with E-state index in [1.807, 2.05) is 0 Å². The monoisotopic (exact) mass is 1910 g/mol. The lowest BCUT2D eigenvalue weighted by Gasteiger charge is -2.53. The highest BCUT2D eigenvalue weighted by atomic mass is 16.8. The maximum absolute atomic E-state index is 14.1. The number of carboxylic acids is 2. The molecule has 0 spiro atoms. The number of unbranched alkanes of at least 4 members (excludes halogenated alkanes) is 31. The molecule has 34 atom stereocenters. The second kappa shape index (κ2) is 60.7. The smallest absolute Gasteiger partial charge is 0.364 e. The van der Waals surface area contributed by atoms with Gasteiger partial charge in [-0.05, 0) is 19.8 Å². The highest BCUT2D eigenvalue weighted by Crippen LogP contribution is 2.45. The SMILES string of the molecule is CCCCCCCCCCCCCCCCCCCCCCC(=O)N[C@@H](CO[C@@H]1O[C@H](CO)[C@@H](O[C@@H]2O[C@H](CO)[C@H](O[C@@H]3O[C@H](CO)[C@H](O)[C@H](O[C@@H]4O[C@H](CO)[C@H](O)[C@H](O[C@]5(C(=O)O)C[C@H](O)[C@@H](NC(C)=O)C([C@H](O)[C@H](O)CO)O5)[C@H]4O)[C@H]3CC(C)=O)[C@H](O[C@]3(C(=O)O)C[C@H](O)[C@@H](NC(C)=O)C([C@H](O)[C@H](O)CO)O3)[C@H]2O)[C@H](O)[C@H]1O)[C@H](O)CCCCCCCCCCCCCCC. The molecule has 0 bridgehead atoms. The van der Waals surface area contributed by atoms with Gasteiger partial charge < -0.3 is 185 Å². The Bertz CT molecular complexity index is 3240. The zero-order valence-electron chi connectivity index (χ0n) is 77.5. The molecule has 132 heavy (non-hydrogen) atoms. The van der Waals surface area contributed by atoms with Crippen LogP contribution in [-0.2, 0) is 85.6 Å². The average Bonchev–Trinajstić information content (AvgIpc) is 0.742. The number of carbonyl (C=O) groups excluding carboxylic acids is 4. The molecule has 0 aromatic rings. The number of aliphatic hydroxyl groups excluding tert-OH is 19. The zero-order chi connectivity index (χ0) is 97.4. The van der Waals surface area contributed by atoms with E-state index in [1.54, 1.807) is 0 Å². The first-order valence-electron chi connectivity index (χ1n) is 48.3. The van der Waals surface area contributed by atoms with Crippen LogP contribution in [0.3, 0.4) is 0 Å². The number of carbonyl (C=O) groups is 6. The molecule has 0 radical (unpaired) electrons. The lowest BCUT2D eigenvalue weighted by atomic mass is 9.86. The number of nitrogens with one attached hydrogen (secondary N) is 3. The predicted molar refractivity (Wildman–Crippen MR) is 464 cm³/mol. The van der Waals surface area contributed by atoms with Crippen LogP contribution in [0.15, 0.2) is 0 Å². The molecular formula is C90H161N3O39. The molecule has 3 amide bonds. The van der Waals surface area contributed by atoms with Crippen molar-refractivity contribution in [2.45, 2.75) is 480 Å². The average molecular weight is 1910 g/mol. The summed E-state index contributed by atoms with van der Waals surface area (Å²) in [5, 5.41) is 246. The van der Waals surface area contributed by atoms with E-state index in [4.69, 9.17) is 56.8 Å². The number of carboxylic acid groups (broad SMARTS) is 2. The highest BCUT2D eigenvalue weighted by Gasteiger charge is 2.64. The summed E-state index contributed by atoms with van der Waals surface area (Å²) < 4.78 is 72.9. The third kappa shape index (κ3) is 35.2. The molecule has 0 saturated carbocycles. The fraction of sp³-hybridized carbons (Fsp3) is 0.933. The summed E-state index contributed by atoms with van der Waals surface area (Å²) in [5.41, 5.74) is 0. The van der Waals surface area contributed by atoms with Crippen LogP contribution in [0.4, 0.5) is 0 Å². The second-order valence-electron chi connectivity index (χ2n) is 36.7. The summed E-state index contributed by atoms with van der Waals surface area (Å²) in [6.45, 7) is -0.507. The number of hydrogen-bond acceptors (Lipinski definition) is 37. The van der Waals surface area contributed by atoms with Crippen LogP contribution in [0.25, 0.3) is 0 Å². The van der Waals surface area contributed by atoms with Gasteiger partial charge in [0.05, 0.1) is 88.8 Å². The maximum Gasteiger partial charge on any atom is 0.364 e. The van der Waals surface area contributed by atoms with Gasteiger partial charge in [0, 0.05) is 45.4 Å². The summed E-state index contributed by atoms with van der Waals surface area (Å²) in [5.74, 6) is -16.0. The van der Waals surface area contributed by atoms with Gasteiger partial charge in [0.1, 0.15) is 128 Å². The highest BCUT2D eigenvalue weighted by molar-refractivity contribution is 5.78. The molecule has 770 valence electrons. The van der Waals surface area contributed by atoms with Gasteiger partial charge in [0.2, 0.25) is 17.7 Å². The molecule has 42 heteroatoms. The van der Waals surface area contributed by atoms with Crippen molar-refractivity contribution >= 4 is 35.4 Å². The van der Waals surface area contributed by atoms with Crippen molar-refractivity contribution in [1.82, 2.24) is 16.0 Å². The van der Waals surface area contributed by atoms with Crippen molar-refractivity contribution in [3.63, 3.8) is 0 Å². The summed E-state index contributed by atoms with van der Waals surface area (Å²) in [6, 6.07) is -4.68. The number of ether oxygens (including phenoxy) is 12. The minimum absolute atomic E-state index is 0.123. The van der Waals surface area contributed by atoms with Gasteiger partial charge in [-0.1, -0.05) is 219 Å². The Balaban J connectivity index is 1.26. The van der Waals surface area contributed by atoms with E-state index in [0.717, 1.165) is 85.0 Å². The Hall–Kier alpha value is -4.22. The topological polar surface area (TPSA) is 674 Å². The second-order valence-corrected chi connectivity index (χ2v) is 36.7. The van der Waals surface area contributed by atoms with E-state index in [9.17, 15) is 136 Å². The number of aliphatic hydroxyl groups is 19. The van der Waals surface area contributed by atoms with Crippen molar-refractivity contribution in [2.24, 2.45) is 5.92 Å². The fourth-order valence-electron chi connectivity index (χ4n) is 18.3. The Labute approximate surface area is 773 Å². The first-order chi connectivity index (χ1) is 63.1. The molecule has 6 aliphatic heterocycles. The van der Waals surface area contributed by atoms with Gasteiger partial charge in [-0.25, -0.2) is 9.59 Å².